The highest BCUT2D eigenvalue weighted by Gasteiger charge is 2.47. The lowest BCUT2D eigenvalue weighted by atomic mass is 9.94. The Balaban J connectivity index is 1.97. The quantitative estimate of drug-likeness (QED) is 0.277. The molecule has 1 saturated heterocycles. The normalized spacial score (nSPS) is 16.8. The van der Waals surface area contributed by atoms with Crippen LogP contribution < -0.4 is 14.4 Å². The lowest BCUT2D eigenvalue weighted by Crippen LogP contribution is -2.29. The number of rotatable bonds is 5. The second kappa shape index (κ2) is 9.71. The molecule has 1 heterocycles. The number of ether oxygens (including phenoxy) is 2. The van der Waals surface area contributed by atoms with Crippen LogP contribution in [0.25, 0.3) is 5.76 Å². The van der Waals surface area contributed by atoms with Gasteiger partial charge in [0.1, 0.15) is 5.76 Å². The number of carbonyl (C=O) groups excluding carboxylic acids is 2. The Morgan fingerprint density at radius 1 is 0.943 bits per heavy atom. The Morgan fingerprint density at radius 3 is 2.23 bits per heavy atom. The number of anilines is 1. The predicted molar refractivity (Wildman–Crippen MR) is 132 cm³/mol. The molecule has 3 aromatic rings. The number of aliphatic hydroxyl groups excluding tert-OH is 1. The molecule has 1 unspecified atom stereocenters. The Labute approximate surface area is 211 Å². The van der Waals surface area contributed by atoms with Crippen LogP contribution in [0.15, 0.2) is 66.2 Å². The molecule has 0 aromatic heterocycles. The van der Waals surface area contributed by atoms with Crippen LogP contribution in [0.4, 0.5) is 5.69 Å². The molecule has 176 valence electrons. The van der Waals surface area contributed by atoms with Crippen molar-refractivity contribution in [2.75, 3.05) is 19.1 Å². The first-order valence-electron chi connectivity index (χ1n) is 10.3. The minimum absolute atomic E-state index is 0.134. The number of methoxy groups -OCH3 is 2. The molecular formula is C26H18Cl2N2O5. The maximum absolute atomic E-state index is 13.3. The summed E-state index contributed by atoms with van der Waals surface area (Å²) in [5.41, 5.74) is 1.35. The Morgan fingerprint density at radius 2 is 1.63 bits per heavy atom. The molecule has 0 radical (unpaired) electrons. The third kappa shape index (κ3) is 4.30. The molecule has 0 bridgehead atoms. The fraction of sp³-hybridized carbons (Fsp3) is 0.115. The Hall–Kier alpha value is -3.99. The van der Waals surface area contributed by atoms with E-state index in [-0.39, 0.29) is 21.2 Å². The number of hydrogen-bond acceptors (Lipinski definition) is 6. The second-order valence-corrected chi connectivity index (χ2v) is 8.39. The van der Waals surface area contributed by atoms with E-state index in [1.165, 1.54) is 37.3 Å². The molecule has 9 heteroatoms. The van der Waals surface area contributed by atoms with Crippen LogP contribution in [-0.4, -0.2) is 31.0 Å². The largest absolute Gasteiger partial charge is 0.507 e. The third-order valence-electron chi connectivity index (χ3n) is 5.64. The van der Waals surface area contributed by atoms with Gasteiger partial charge in [-0.05, 0) is 60.2 Å². The number of nitrogens with zero attached hydrogens (tertiary/aromatic N) is 2. The van der Waals surface area contributed by atoms with Crippen molar-refractivity contribution in [1.29, 1.82) is 5.26 Å². The molecule has 3 aromatic carbocycles. The zero-order valence-electron chi connectivity index (χ0n) is 18.6. The van der Waals surface area contributed by atoms with Gasteiger partial charge >= 0.3 is 0 Å². The standard InChI is InChI=1S/C26H18Cl2N2O5/c1-34-20-10-6-15(12-21(20)35-2)23-22(24(31)16-5-9-18(27)19(28)11-16)25(32)26(33)30(23)17-7-3-14(13-29)4-8-17/h3-12,23,31H,1-2H3/b24-22-. The van der Waals surface area contributed by atoms with Crippen LogP contribution in [0.1, 0.15) is 22.7 Å². The summed E-state index contributed by atoms with van der Waals surface area (Å²) < 4.78 is 10.7. The number of nitriles is 1. The second-order valence-electron chi connectivity index (χ2n) is 7.57. The van der Waals surface area contributed by atoms with Gasteiger partial charge in [0.25, 0.3) is 11.7 Å². The van der Waals surface area contributed by atoms with Gasteiger partial charge in [-0.25, -0.2) is 0 Å². The van der Waals surface area contributed by atoms with Crippen molar-refractivity contribution < 1.29 is 24.2 Å². The molecule has 7 nitrogen and oxygen atoms in total. The summed E-state index contributed by atoms with van der Waals surface area (Å²) in [6, 6.07) is 16.6. The van der Waals surface area contributed by atoms with E-state index >= 15 is 0 Å². The molecule has 1 aliphatic heterocycles. The molecule has 0 saturated carbocycles. The lowest BCUT2D eigenvalue weighted by molar-refractivity contribution is -0.132. The maximum atomic E-state index is 13.3. The number of ketones is 1. The van der Waals surface area contributed by atoms with Crippen LogP contribution in [0.2, 0.25) is 10.0 Å². The van der Waals surface area contributed by atoms with E-state index in [1.807, 2.05) is 6.07 Å². The highest BCUT2D eigenvalue weighted by Crippen LogP contribution is 2.44. The van der Waals surface area contributed by atoms with Gasteiger partial charge in [-0.1, -0.05) is 29.3 Å². The van der Waals surface area contributed by atoms with E-state index in [0.717, 1.165) is 0 Å². The minimum atomic E-state index is -1.00. The summed E-state index contributed by atoms with van der Waals surface area (Å²) in [6.45, 7) is 0. The van der Waals surface area contributed by atoms with Gasteiger partial charge < -0.3 is 14.6 Å². The van der Waals surface area contributed by atoms with Crippen molar-refractivity contribution in [2.45, 2.75) is 6.04 Å². The van der Waals surface area contributed by atoms with E-state index in [9.17, 15) is 14.7 Å². The molecule has 1 amide bonds. The molecule has 1 N–H and O–H groups in total. The van der Waals surface area contributed by atoms with Gasteiger partial charge in [0.15, 0.2) is 11.5 Å². The molecule has 1 atom stereocenters. The molecule has 1 aliphatic rings. The van der Waals surface area contributed by atoms with E-state index in [0.29, 0.717) is 28.3 Å². The Kier molecular flexibility index (Phi) is 6.70. The molecule has 35 heavy (non-hydrogen) atoms. The summed E-state index contributed by atoms with van der Waals surface area (Å²) >= 11 is 12.1. The number of halogens is 2. The van der Waals surface area contributed by atoms with Gasteiger partial charge in [-0.2, -0.15) is 5.26 Å². The van der Waals surface area contributed by atoms with Crippen LogP contribution >= 0.6 is 23.2 Å². The molecule has 4 rings (SSSR count). The first kappa shape index (κ1) is 24.1. The first-order chi connectivity index (χ1) is 16.8. The maximum Gasteiger partial charge on any atom is 0.300 e. The molecule has 1 fully saturated rings. The average Bonchev–Trinajstić information content (AvgIpc) is 3.15. The van der Waals surface area contributed by atoms with E-state index in [2.05, 4.69) is 0 Å². The van der Waals surface area contributed by atoms with Crippen molar-refractivity contribution >= 4 is 46.3 Å². The van der Waals surface area contributed by atoms with E-state index in [1.54, 1.807) is 42.5 Å². The molecule has 0 spiro atoms. The summed E-state index contributed by atoms with van der Waals surface area (Å²) in [7, 11) is 2.96. The van der Waals surface area contributed by atoms with E-state index in [4.69, 9.17) is 37.9 Å². The van der Waals surface area contributed by atoms with Crippen molar-refractivity contribution in [1.82, 2.24) is 0 Å². The van der Waals surface area contributed by atoms with Gasteiger partial charge in [-0.3, -0.25) is 14.5 Å². The fourth-order valence-corrected chi connectivity index (χ4v) is 4.23. The summed E-state index contributed by atoms with van der Waals surface area (Å²) in [6.07, 6.45) is 0. The minimum Gasteiger partial charge on any atom is -0.507 e. The number of amides is 1. The number of benzene rings is 3. The van der Waals surface area contributed by atoms with Crippen LogP contribution in [-0.2, 0) is 9.59 Å². The number of Topliss-reactive ketones (excluding diaryl/α,β-unsaturated/α-hetero) is 1. The highest BCUT2D eigenvalue weighted by molar-refractivity contribution is 6.51. The fourth-order valence-electron chi connectivity index (χ4n) is 3.93. The summed E-state index contributed by atoms with van der Waals surface area (Å²) in [5, 5.41) is 20.8. The van der Waals surface area contributed by atoms with E-state index < -0.39 is 23.5 Å². The number of carbonyl (C=O) groups is 2. The number of hydrogen-bond donors (Lipinski definition) is 1. The zero-order valence-corrected chi connectivity index (χ0v) is 20.1. The van der Waals surface area contributed by atoms with Gasteiger partial charge in [0.05, 0.1) is 47.5 Å². The Bertz CT molecular complexity index is 1410. The van der Waals surface area contributed by atoms with Crippen molar-refractivity contribution in [3.8, 4) is 17.6 Å². The smallest absolute Gasteiger partial charge is 0.300 e. The summed E-state index contributed by atoms with van der Waals surface area (Å²) in [5.74, 6) is -1.28. The zero-order chi connectivity index (χ0) is 25.3. The van der Waals surface area contributed by atoms with Crippen molar-refractivity contribution in [3.05, 3.63) is 93.0 Å². The van der Waals surface area contributed by atoms with Gasteiger partial charge in [-0.15, -0.1) is 0 Å². The highest BCUT2D eigenvalue weighted by atomic mass is 35.5. The number of aliphatic hydroxyl groups is 1. The van der Waals surface area contributed by atoms with Gasteiger partial charge in [0, 0.05) is 11.3 Å². The first-order valence-corrected chi connectivity index (χ1v) is 11.0. The van der Waals surface area contributed by atoms with Gasteiger partial charge in [0.2, 0.25) is 0 Å². The lowest BCUT2D eigenvalue weighted by Gasteiger charge is -2.26. The SMILES string of the molecule is COc1ccc(C2/C(=C(/O)c3ccc(Cl)c(Cl)c3)C(=O)C(=O)N2c2ccc(C#N)cc2)cc1OC. The van der Waals surface area contributed by atoms with Crippen LogP contribution in [0, 0.1) is 11.3 Å². The molecular weight excluding hydrogens is 491 g/mol. The predicted octanol–water partition coefficient (Wildman–Crippen LogP) is 5.51. The van der Waals surface area contributed by atoms with Crippen molar-refractivity contribution in [3.63, 3.8) is 0 Å². The van der Waals surface area contributed by atoms with Crippen LogP contribution in [0.5, 0.6) is 11.5 Å². The third-order valence-corrected chi connectivity index (χ3v) is 6.37. The average molecular weight is 509 g/mol. The summed E-state index contributed by atoms with van der Waals surface area (Å²) in [4.78, 5) is 27.8. The topological polar surface area (TPSA) is 99.9 Å². The molecule has 0 aliphatic carbocycles. The van der Waals surface area contributed by atoms with Crippen molar-refractivity contribution in [2.24, 2.45) is 0 Å². The van der Waals surface area contributed by atoms with Crippen LogP contribution in [0.3, 0.4) is 0 Å². The monoisotopic (exact) mass is 508 g/mol.